The Hall–Kier alpha value is -2.00. The van der Waals surface area contributed by atoms with Gasteiger partial charge in [-0.3, -0.25) is 0 Å². The lowest BCUT2D eigenvalue weighted by Crippen LogP contribution is -2.39. The van der Waals surface area contributed by atoms with Crippen molar-refractivity contribution in [2.45, 2.75) is 26.8 Å². The molecule has 0 fully saturated rings. The number of ether oxygens (including phenoxy) is 2. The Bertz CT molecular complexity index is 707. The third-order valence-electron chi connectivity index (χ3n) is 3.91. The quantitative estimate of drug-likeness (QED) is 0.332. The number of benzene rings is 1. The van der Waals surface area contributed by atoms with Crippen molar-refractivity contribution in [3.8, 4) is 11.5 Å². The minimum Gasteiger partial charge on any atom is -0.493 e. The van der Waals surface area contributed by atoms with Gasteiger partial charge in [0.2, 0.25) is 10.0 Å². The first kappa shape index (κ1) is 23.0. The van der Waals surface area contributed by atoms with Gasteiger partial charge in [-0.1, -0.05) is 13.0 Å². The number of methoxy groups -OCH3 is 2. The van der Waals surface area contributed by atoms with Crippen LogP contribution in [-0.4, -0.2) is 65.3 Å². The number of hydrogen-bond acceptors (Lipinski definition) is 5. The van der Waals surface area contributed by atoms with E-state index < -0.39 is 10.0 Å². The summed E-state index contributed by atoms with van der Waals surface area (Å²) in [4.78, 5) is 4.57. The molecule has 1 aromatic rings. The van der Waals surface area contributed by atoms with E-state index in [4.69, 9.17) is 9.47 Å². The van der Waals surface area contributed by atoms with Crippen molar-refractivity contribution in [3.05, 3.63) is 23.8 Å². The average Bonchev–Trinajstić information content (AvgIpc) is 2.64. The highest BCUT2D eigenvalue weighted by atomic mass is 32.2. The molecule has 0 radical (unpaired) electrons. The number of sulfonamides is 1. The summed E-state index contributed by atoms with van der Waals surface area (Å²) in [5, 5.41) is 6.42. The molecule has 0 saturated carbocycles. The van der Waals surface area contributed by atoms with E-state index in [1.54, 1.807) is 14.2 Å². The molecule has 0 unspecified atom stereocenters. The smallest absolute Gasteiger partial charge is 0.211 e. The van der Waals surface area contributed by atoms with Crippen LogP contribution in [0.25, 0.3) is 0 Å². The molecule has 0 amide bonds. The lowest BCUT2D eigenvalue weighted by molar-refractivity contribution is 0.354. The molecular formula is C18H32N4O4S. The van der Waals surface area contributed by atoms with Crippen LogP contribution in [0.1, 0.15) is 25.8 Å². The van der Waals surface area contributed by atoms with Crippen LogP contribution in [0, 0.1) is 0 Å². The summed E-state index contributed by atoms with van der Waals surface area (Å²) >= 11 is 0. The molecular weight excluding hydrogens is 368 g/mol. The van der Waals surface area contributed by atoms with Crippen molar-refractivity contribution in [1.82, 2.24) is 14.9 Å². The zero-order chi connectivity index (χ0) is 20.3. The zero-order valence-corrected chi connectivity index (χ0v) is 17.7. The molecule has 0 heterocycles. The molecule has 0 aliphatic rings. The summed E-state index contributed by atoms with van der Waals surface area (Å²) in [6, 6.07) is 5.70. The molecule has 154 valence electrons. The highest BCUT2D eigenvalue weighted by Gasteiger charge is 2.13. The molecule has 8 nitrogen and oxygen atoms in total. The molecule has 1 aromatic carbocycles. The number of rotatable bonds is 11. The van der Waals surface area contributed by atoms with E-state index in [2.05, 4.69) is 15.6 Å². The van der Waals surface area contributed by atoms with Gasteiger partial charge in [0.25, 0.3) is 0 Å². The molecule has 0 aliphatic heterocycles. The molecule has 2 N–H and O–H groups in total. The Kier molecular flexibility index (Phi) is 9.95. The van der Waals surface area contributed by atoms with Crippen molar-refractivity contribution in [1.29, 1.82) is 0 Å². The van der Waals surface area contributed by atoms with Crippen molar-refractivity contribution in [3.63, 3.8) is 0 Å². The maximum absolute atomic E-state index is 11.6. The van der Waals surface area contributed by atoms with E-state index in [-0.39, 0.29) is 0 Å². The van der Waals surface area contributed by atoms with Crippen LogP contribution in [0.4, 0.5) is 0 Å². The van der Waals surface area contributed by atoms with Gasteiger partial charge in [-0.2, -0.15) is 0 Å². The fourth-order valence-electron chi connectivity index (χ4n) is 2.51. The minimum absolute atomic E-state index is 0.478. The zero-order valence-electron chi connectivity index (χ0n) is 16.9. The number of aliphatic imine (C=N–C) groups is 1. The second-order valence-electron chi connectivity index (χ2n) is 5.92. The maximum atomic E-state index is 11.6. The third kappa shape index (κ3) is 8.04. The van der Waals surface area contributed by atoms with Crippen molar-refractivity contribution in [2.75, 3.05) is 46.7 Å². The van der Waals surface area contributed by atoms with Crippen molar-refractivity contribution >= 4 is 16.0 Å². The fraction of sp³-hybridized carbons (Fsp3) is 0.611. The van der Waals surface area contributed by atoms with E-state index in [1.165, 1.54) is 10.6 Å². The molecule has 1 rings (SSSR count). The van der Waals surface area contributed by atoms with Gasteiger partial charge >= 0.3 is 0 Å². The third-order valence-corrected chi connectivity index (χ3v) is 5.29. The molecule has 0 aliphatic carbocycles. The number of guanidine groups is 1. The van der Waals surface area contributed by atoms with Crippen LogP contribution in [0.5, 0.6) is 11.5 Å². The summed E-state index contributed by atoms with van der Waals surface area (Å²) in [7, 11) is 0.0603. The largest absolute Gasteiger partial charge is 0.493 e. The van der Waals surface area contributed by atoms with Crippen LogP contribution in [0.2, 0.25) is 0 Å². The van der Waals surface area contributed by atoms with Gasteiger partial charge in [-0.15, -0.1) is 0 Å². The lowest BCUT2D eigenvalue weighted by Gasteiger charge is -2.18. The van der Waals surface area contributed by atoms with E-state index in [0.29, 0.717) is 50.1 Å². The Morgan fingerprint density at radius 1 is 1.15 bits per heavy atom. The van der Waals surface area contributed by atoms with Crippen molar-refractivity contribution < 1.29 is 17.9 Å². The summed E-state index contributed by atoms with van der Waals surface area (Å²) in [6.45, 7) is 6.65. The second-order valence-corrected chi connectivity index (χ2v) is 7.90. The van der Waals surface area contributed by atoms with Gasteiger partial charge in [0, 0.05) is 26.2 Å². The first-order chi connectivity index (χ1) is 12.8. The van der Waals surface area contributed by atoms with Gasteiger partial charge < -0.3 is 20.1 Å². The topological polar surface area (TPSA) is 92.3 Å². The van der Waals surface area contributed by atoms with Gasteiger partial charge in [0.1, 0.15) is 0 Å². The Morgan fingerprint density at radius 2 is 1.85 bits per heavy atom. The number of nitrogens with one attached hydrogen (secondary N) is 2. The van der Waals surface area contributed by atoms with Crippen LogP contribution < -0.4 is 20.1 Å². The van der Waals surface area contributed by atoms with E-state index in [0.717, 1.165) is 12.1 Å². The SMILES string of the molecule is CCNC(=NCc1ccc(OC)c(OC)c1)NCCCN(CC)S(C)(=O)=O. The summed E-state index contributed by atoms with van der Waals surface area (Å²) in [6.07, 6.45) is 1.93. The molecule has 0 saturated heterocycles. The average molecular weight is 401 g/mol. The Morgan fingerprint density at radius 3 is 2.41 bits per heavy atom. The monoisotopic (exact) mass is 400 g/mol. The highest BCUT2D eigenvalue weighted by molar-refractivity contribution is 7.88. The van der Waals surface area contributed by atoms with Crippen LogP contribution in [0.15, 0.2) is 23.2 Å². The van der Waals surface area contributed by atoms with Crippen LogP contribution >= 0.6 is 0 Å². The molecule has 0 aromatic heterocycles. The Balaban J connectivity index is 2.62. The fourth-order valence-corrected chi connectivity index (χ4v) is 3.44. The summed E-state index contributed by atoms with van der Waals surface area (Å²) < 4.78 is 35.2. The molecule has 27 heavy (non-hydrogen) atoms. The lowest BCUT2D eigenvalue weighted by atomic mass is 10.2. The summed E-state index contributed by atoms with van der Waals surface area (Å²) in [5.74, 6) is 2.04. The van der Waals surface area contributed by atoms with E-state index >= 15 is 0 Å². The minimum atomic E-state index is -3.15. The van der Waals surface area contributed by atoms with Gasteiger partial charge in [0.15, 0.2) is 17.5 Å². The predicted octanol–water partition coefficient (Wildman–Crippen LogP) is 1.43. The maximum Gasteiger partial charge on any atom is 0.211 e. The van der Waals surface area contributed by atoms with Gasteiger partial charge in [-0.05, 0) is 31.0 Å². The number of nitrogens with zero attached hydrogens (tertiary/aromatic N) is 2. The summed E-state index contributed by atoms with van der Waals surface area (Å²) in [5.41, 5.74) is 0.999. The van der Waals surface area contributed by atoms with E-state index in [9.17, 15) is 8.42 Å². The predicted molar refractivity (Wildman–Crippen MR) is 109 cm³/mol. The van der Waals surface area contributed by atoms with Gasteiger partial charge in [-0.25, -0.2) is 17.7 Å². The molecule has 9 heteroatoms. The van der Waals surface area contributed by atoms with Gasteiger partial charge in [0.05, 0.1) is 27.0 Å². The first-order valence-corrected chi connectivity index (χ1v) is 10.9. The molecule has 0 spiro atoms. The molecule has 0 bridgehead atoms. The Labute approximate surface area is 163 Å². The van der Waals surface area contributed by atoms with E-state index in [1.807, 2.05) is 32.0 Å². The van der Waals surface area contributed by atoms with Crippen molar-refractivity contribution in [2.24, 2.45) is 4.99 Å². The van der Waals surface area contributed by atoms with Crippen LogP contribution in [-0.2, 0) is 16.6 Å². The first-order valence-electron chi connectivity index (χ1n) is 9.03. The highest BCUT2D eigenvalue weighted by Crippen LogP contribution is 2.27. The van der Waals surface area contributed by atoms with Crippen LogP contribution in [0.3, 0.4) is 0 Å². The molecule has 0 atom stereocenters. The number of hydrogen-bond donors (Lipinski definition) is 2. The standard InChI is InChI=1S/C18H32N4O4S/c1-6-19-18(20-11-8-12-22(7-2)27(5,23)24)21-14-15-9-10-16(25-3)17(13-15)26-4/h9-10,13H,6-8,11-12,14H2,1-5H3,(H2,19,20,21). The normalized spacial score (nSPS) is 12.1. The second kappa shape index (κ2) is 11.7.